The van der Waals surface area contributed by atoms with Crippen LogP contribution in [0.1, 0.15) is 11.1 Å². The fourth-order valence-corrected chi connectivity index (χ4v) is 2.65. The van der Waals surface area contributed by atoms with E-state index in [0.717, 1.165) is 17.6 Å². The van der Waals surface area contributed by atoms with Gasteiger partial charge in [-0.1, -0.05) is 36.4 Å². The molecule has 1 aromatic heterocycles. The molecule has 1 nitrogen and oxygen atoms in total. The number of fused-ring (bicyclic) bond motifs is 2. The van der Waals surface area contributed by atoms with Crippen molar-refractivity contribution in [3.05, 3.63) is 59.7 Å². The second kappa shape index (κ2) is 3.17. The standard InChI is InChI=1S/C16H11O/c1-2-9-14-12(7-1)13-8-3-5-11-6-4-10-15(17-14)16(11)13/h1-4,6-10H,5H2/q+1. The molecule has 0 saturated carbocycles. The van der Waals surface area contributed by atoms with Crippen LogP contribution in [0.25, 0.3) is 28.0 Å². The molecular weight excluding hydrogens is 208 g/mol. The third kappa shape index (κ3) is 1.17. The minimum absolute atomic E-state index is 0.957. The molecule has 17 heavy (non-hydrogen) atoms. The highest BCUT2D eigenvalue weighted by Crippen LogP contribution is 2.34. The highest BCUT2D eigenvalue weighted by Gasteiger charge is 2.20. The predicted octanol–water partition coefficient (Wildman–Crippen LogP) is 4.44. The van der Waals surface area contributed by atoms with E-state index < -0.39 is 0 Å². The van der Waals surface area contributed by atoms with Crippen LogP contribution in [0.4, 0.5) is 0 Å². The molecule has 3 aromatic rings. The Morgan fingerprint density at radius 1 is 0.882 bits per heavy atom. The van der Waals surface area contributed by atoms with Crippen LogP contribution in [0.3, 0.4) is 0 Å². The molecule has 4 rings (SSSR count). The summed E-state index contributed by atoms with van der Waals surface area (Å²) in [7, 11) is 0. The first-order valence-electron chi connectivity index (χ1n) is 5.86. The van der Waals surface area contributed by atoms with E-state index in [-0.39, 0.29) is 0 Å². The topological polar surface area (TPSA) is 11.3 Å². The number of allylic oxidation sites excluding steroid dienone is 1. The summed E-state index contributed by atoms with van der Waals surface area (Å²) < 4.78 is 5.97. The van der Waals surface area contributed by atoms with Gasteiger partial charge >= 0.3 is 11.2 Å². The summed E-state index contributed by atoms with van der Waals surface area (Å²) in [6, 6.07) is 14.5. The quantitative estimate of drug-likeness (QED) is 0.402. The molecule has 0 unspecified atom stereocenters. The maximum Gasteiger partial charge on any atom is 0.361 e. The molecule has 1 aliphatic rings. The lowest BCUT2D eigenvalue weighted by Gasteiger charge is -2.08. The van der Waals surface area contributed by atoms with Crippen molar-refractivity contribution >= 4 is 28.0 Å². The molecule has 0 atom stereocenters. The lowest BCUT2D eigenvalue weighted by molar-refractivity contribution is 0.660. The second-order valence-corrected chi connectivity index (χ2v) is 4.41. The Morgan fingerprint density at radius 2 is 1.76 bits per heavy atom. The summed E-state index contributed by atoms with van der Waals surface area (Å²) in [5, 5.41) is 2.47. The van der Waals surface area contributed by atoms with Gasteiger partial charge in [0, 0.05) is 17.7 Å². The fraction of sp³-hybridized carbons (Fsp3) is 0.0625. The van der Waals surface area contributed by atoms with Crippen molar-refractivity contribution in [2.45, 2.75) is 6.42 Å². The van der Waals surface area contributed by atoms with E-state index in [2.05, 4.69) is 36.4 Å². The van der Waals surface area contributed by atoms with Gasteiger partial charge in [-0.3, -0.25) is 0 Å². The monoisotopic (exact) mass is 219 g/mol. The molecule has 2 aromatic carbocycles. The molecule has 0 saturated heterocycles. The van der Waals surface area contributed by atoms with Gasteiger partial charge in [0.2, 0.25) is 0 Å². The van der Waals surface area contributed by atoms with E-state index in [9.17, 15) is 0 Å². The molecule has 0 bridgehead atoms. The largest absolute Gasteiger partial charge is 0.361 e. The number of rotatable bonds is 0. The highest BCUT2D eigenvalue weighted by molar-refractivity contribution is 6.03. The number of hydrogen-bond acceptors (Lipinski definition) is 0. The summed E-state index contributed by atoms with van der Waals surface area (Å²) in [6.45, 7) is 0. The SMILES string of the molecule is C1=Cc2c3ccccc3[o+]c3cccc(c23)C1. The molecular formula is C16H11O+. The molecule has 1 heteroatoms. The summed E-state index contributed by atoms with van der Waals surface area (Å²) in [5.41, 5.74) is 4.59. The van der Waals surface area contributed by atoms with Gasteiger partial charge < -0.3 is 0 Å². The summed E-state index contributed by atoms with van der Waals surface area (Å²) in [4.78, 5) is 0. The van der Waals surface area contributed by atoms with Crippen LogP contribution in [0, 0.1) is 0 Å². The van der Waals surface area contributed by atoms with Gasteiger partial charge in [0.25, 0.3) is 0 Å². The van der Waals surface area contributed by atoms with Crippen molar-refractivity contribution in [2.24, 2.45) is 0 Å². The smallest absolute Gasteiger partial charge is 0.207 e. The van der Waals surface area contributed by atoms with E-state index in [0.29, 0.717) is 0 Å². The predicted molar refractivity (Wildman–Crippen MR) is 70.9 cm³/mol. The van der Waals surface area contributed by atoms with Gasteiger partial charge in [-0.25, -0.2) is 4.42 Å². The molecule has 1 heterocycles. The Kier molecular flexibility index (Phi) is 1.67. The normalized spacial score (nSPS) is 13.4. The van der Waals surface area contributed by atoms with Gasteiger partial charge in [-0.15, -0.1) is 0 Å². The van der Waals surface area contributed by atoms with Crippen molar-refractivity contribution in [2.75, 3.05) is 0 Å². The molecule has 0 amide bonds. The van der Waals surface area contributed by atoms with E-state index in [1.165, 1.54) is 21.9 Å². The Labute approximate surface area is 99.0 Å². The van der Waals surface area contributed by atoms with E-state index in [1.807, 2.05) is 18.2 Å². The summed E-state index contributed by atoms with van der Waals surface area (Å²) in [5.74, 6) is 0. The number of para-hydroxylation sites is 1. The average Bonchev–Trinajstić information content (AvgIpc) is 2.39. The van der Waals surface area contributed by atoms with Crippen LogP contribution in [0.2, 0.25) is 0 Å². The lowest BCUT2D eigenvalue weighted by Crippen LogP contribution is -1.93. The van der Waals surface area contributed by atoms with Crippen LogP contribution >= 0.6 is 0 Å². The van der Waals surface area contributed by atoms with Crippen LogP contribution in [0.5, 0.6) is 0 Å². The Morgan fingerprint density at radius 3 is 2.76 bits per heavy atom. The first-order chi connectivity index (χ1) is 8.43. The minimum Gasteiger partial charge on any atom is -0.207 e. The Hall–Kier alpha value is -2.15. The summed E-state index contributed by atoms with van der Waals surface area (Å²) >= 11 is 0. The molecule has 1 aliphatic carbocycles. The van der Waals surface area contributed by atoms with Crippen LogP contribution in [0.15, 0.2) is 53.0 Å². The van der Waals surface area contributed by atoms with Gasteiger partial charge in [-0.2, -0.15) is 0 Å². The van der Waals surface area contributed by atoms with Crippen LogP contribution in [-0.2, 0) is 6.42 Å². The van der Waals surface area contributed by atoms with Crippen LogP contribution < -0.4 is 0 Å². The van der Waals surface area contributed by atoms with Gasteiger partial charge in [-0.05, 0) is 18.1 Å². The average molecular weight is 219 g/mol. The zero-order chi connectivity index (χ0) is 11.2. The van der Waals surface area contributed by atoms with E-state index in [4.69, 9.17) is 4.42 Å². The summed E-state index contributed by atoms with van der Waals surface area (Å²) in [6.07, 6.45) is 5.44. The van der Waals surface area contributed by atoms with Crippen LogP contribution in [-0.4, -0.2) is 0 Å². The zero-order valence-corrected chi connectivity index (χ0v) is 9.31. The van der Waals surface area contributed by atoms with Crippen molar-refractivity contribution < 1.29 is 4.42 Å². The molecule has 0 N–H and O–H groups in total. The van der Waals surface area contributed by atoms with Gasteiger partial charge in [0.15, 0.2) is 0 Å². The molecule has 0 spiro atoms. The first kappa shape index (κ1) is 8.94. The maximum atomic E-state index is 5.97. The third-order valence-corrected chi connectivity index (χ3v) is 3.40. The first-order valence-corrected chi connectivity index (χ1v) is 5.86. The number of hydrogen-bond donors (Lipinski definition) is 0. The van der Waals surface area contributed by atoms with Gasteiger partial charge in [0.1, 0.15) is 0 Å². The fourth-order valence-electron chi connectivity index (χ4n) is 2.65. The molecule has 0 radical (unpaired) electrons. The Bertz CT molecular complexity index is 769. The minimum atomic E-state index is 0.957. The second-order valence-electron chi connectivity index (χ2n) is 4.41. The lowest BCUT2D eigenvalue weighted by atomic mass is 9.94. The molecule has 0 fully saturated rings. The molecule has 0 aliphatic heterocycles. The maximum absolute atomic E-state index is 5.97. The van der Waals surface area contributed by atoms with E-state index in [1.54, 1.807) is 0 Å². The Balaban J connectivity index is 2.34. The van der Waals surface area contributed by atoms with Crippen molar-refractivity contribution in [3.8, 4) is 0 Å². The highest BCUT2D eigenvalue weighted by atomic mass is 16.3. The molecule has 80 valence electrons. The third-order valence-electron chi connectivity index (χ3n) is 3.40. The zero-order valence-electron chi connectivity index (χ0n) is 9.31. The van der Waals surface area contributed by atoms with E-state index >= 15 is 0 Å². The number of benzene rings is 2. The van der Waals surface area contributed by atoms with Gasteiger partial charge in [0.05, 0.1) is 10.8 Å². The van der Waals surface area contributed by atoms with Crippen molar-refractivity contribution in [1.29, 1.82) is 0 Å². The van der Waals surface area contributed by atoms with Crippen molar-refractivity contribution in [1.82, 2.24) is 0 Å². The van der Waals surface area contributed by atoms with Crippen molar-refractivity contribution in [3.63, 3.8) is 0 Å².